The van der Waals surface area contributed by atoms with Gasteiger partial charge >= 0.3 is 0 Å². The Balaban J connectivity index is 1.68. The highest BCUT2D eigenvalue weighted by Crippen LogP contribution is 2.13. The monoisotopic (exact) mass is 285 g/mol. The lowest BCUT2D eigenvalue weighted by Gasteiger charge is -2.04. The molecule has 0 saturated heterocycles. The van der Waals surface area contributed by atoms with Crippen LogP contribution < -0.4 is 5.32 Å². The molecule has 6 nitrogen and oxygen atoms in total. The average Bonchev–Trinajstić information content (AvgIpc) is 3.13. The Morgan fingerprint density at radius 3 is 2.80 bits per heavy atom. The van der Waals surface area contributed by atoms with Crippen LogP contribution in [-0.2, 0) is 6.54 Å². The summed E-state index contributed by atoms with van der Waals surface area (Å²) in [7, 11) is 0. The molecule has 7 heteroatoms. The number of aromatic nitrogens is 4. The van der Waals surface area contributed by atoms with E-state index >= 15 is 0 Å². The number of hydrogen-bond donors (Lipinski definition) is 1. The number of amides is 1. The molecule has 3 rings (SSSR count). The lowest BCUT2D eigenvalue weighted by Crippen LogP contribution is -2.11. The van der Waals surface area contributed by atoms with Crippen LogP contribution in [0.4, 0.5) is 5.13 Å². The minimum absolute atomic E-state index is 0.160. The number of rotatable bonds is 4. The van der Waals surface area contributed by atoms with Crippen molar-refractivity contribution in [3.05, 3.63) is 59.6 Å². The molecular formula is C13H11N5OS. The molecule has 0 unspecified atom stereocenters. The number of thiazole rings is 1. The van der Waals surface area contributed by atoms with Gasteiger partial charge in [-0.15, -0.1) is 11.3 Å². The van der Waals surface area contributed by atoms with E-state index < -0.39 is 0 Å². The van der Waals surface area contributed by atoms with E-state index in [1.54, 1.807) is 29.3 Å². The summed E-state index contributed by atoms with van der Waals surface area (Å²) >= 11 is 1.39. The zero-order chi connectivity index (χ0) is 13.8. The largest absolute Gasteiger partial charge is 0.298 e. The number of anilines is 1. The fourth-order valence-electron chi connectivity index (χ4n) is 1.72. The quantitative estimate of drug-likeness (QED) is 0.796. The van der Waals surface area contributed by atoms with Crippen LogP contribution in [0.2, 0.25) is 0 Å². The van der Waals surface area contributed by atoms with Crippen LogP contribution in [0.3, 0.4) is 0 Å². The van der Waals surface area contributed by atoms with Gasteiger partial charge in [0.15, 0.2) is 5.13 Å². The standard InChI is InChI=1S/C13H11N5OS/c19-12(17-13-15-5-6-20-13)11-3-1-10(2-4-11)7-18-9-14-8-16-18/h1-6,8-9H,7H2,(H,15,17,19). The molecule has 20 heavy (non-hydrogen) atoms. The molecule has 2 aromatic heterocycles. The van der Waals surface area contributed by atoms with Crippen LogP contribution >= 0.6 is 11.3 Å². The second-order valence-corrected chi connectivity index (χ2v) is 4.98. The number of nitrogens with one attached hydrogen (secondary N) is 1. The van der Waals surface area contributed by atoms with Crippen molar-refractivity contribution in [2.45, 2.75) is 6.54 Å². The predicted octanol–water partition coefficient (Wildman–Crippen LogP) is 2.04. The number of nitrogens with zero attached hydrogens (tertiary/aromatic N) is 4. The average molecular weight is 285 g/mol. The molecular weight excluding hydrogens is 274 g/mol. The molecule has 0 aliphatic rings. The van der Waals surface area contributed by atoms with Gasteiger partial charge in [-0.1, -0.05) is 12.1 Å². The van der Waals surface area contributed by atoms with Crippen LogP contribution in [0.5, 0.6) is 0 Å². The lowest BCUT2D eigenvalue weighted by atomic mass is 10.1. The molecule has 0 spiro atoms. The van der Waals surface area contributed by atoms with Crippen LogP contribution in [0.15, 0.2) is 48.5 Å². The molecule has 100 valence electrons. The maximum Gasteiger partial charge on any atom is 0.257 e. The molecule has 2 heterocycles. The third-order valence-corrected chi connectivity index (χ3v) is 3.37. The third kappa shape index (κ3) is 2.89. The summed E-state index contributed by atoms with van der Waals surface area (Å²) in [6.07, 6.45) is 4.81. The van der Waals surface area contributed by atoms with E-state index in [1.165, 1.54) is 17.7 Å². The van der Waals surface area contributed by atoms with Gasteiger partial charge in [-0.3, -0.25) is 10.1 Å². The van der Waals surface area contributed by atoms with Crippen molar-refractivity contribution in [3.8, 4) is 0 Å². The molecule has 0 saturated carbocycles. The van der Waals surface area contributed by atoms with Crippen molar-refractivity contribution in [2.75, 3.05) is 5.32 Å². The van der Waals surface area contributed by atoms with E-state index in [2.05, 4.69) is 20.4 Å². The Bertz CT molecular complexity index is 676. The SMILES string of the molecule is O=C(Nc1nccs1)c1ccc(Cn2cncn2)cc1. The Morgan fingerprint density at radius 2 is 2.15 bits per heavy atom. The van der Waals surface area contributed by atoms with Gasteiger partial charge in [-0.05, 0) is 17.7 Å². The molecule has 0 radical (unpaired) electrons. The maximum absolute atomic E-state index is 12.0. The van der Waals surface area contributed by atoms with Gasteiger partial charge < -0.3 is 0 Å². The van der Waals surface area contributed by atoms with Crippen LogP contribution in [-0.4, -0.2) is 25.7 Å². The van der Waals surface area contributed by atoms with Crippen molar-refractivity contribution in [1.29, 1.82) is 0 Å². The van der Waals surface area contributed by atoms with Gasteiger partial charge in [0, 0.05) is 17.1 Å². The van der Waals surface area contributed by atoms with Crippen molar-refractivity contribution in [2.24, 2.45) is 0 Å². The fourth-order valence-corrected chi connectivity index (χ4v) is 2.24. The first-order valence-corrected chi connectivity index (χ1v) is 6.81. The van der Waals surface area contributed by atoms with Gasteiger partial charge in [-0.25, -0.2) is 14.6 Å². The highest BCUT2D eigenvalue weighted by atomic mass is 32.1. The minimum Gasteiger partial charge on any atom is -0.298 e. The maximum atomic E-state index is 12.0. The summed E-state index contributed by atoms with van der Waals surface area (Å²) in [5.41, 5.74) is 1.66. The first-order valence-electron chi connectivity index (χ1n) is 5.93. The Labute approximate surface area is 119 Å². The van der Waals surface area contributed by atoms with Gasteiger partial charge in [0.05, 0.1) is 6.54 Å². The Kier molecular flexibility index (Phi) is 3.51. The summed E-state index contributed by atoms with van der Waals surface area (Å²) in [6, 6.07) is 7.38. The lowest BCUT2D eigenvalue weighted by molar-refractivity contribution is 0.102. The molecule has 1 amide bonds. The number of hydrogen-bond acceptors (Lipinski definition) is 5. The first kappa shape index (κ1) is 12.5. The second-order valence-electron chi connectivity index (χ2n) is 4.08. The number of benzene rings is 1. The Hall–Kier alpha value is -2.54. The van der Waals surface area contributed by atoms with Gasteiger partial charge in [-0.2, -0.15) is 5.10 Å². The second kappa shape index (κ2) is 5.62. The van der Waals surface area contributed by atoms with Crippen LogP contribution in [0.1, 0.15) is 15.9 Å². The summed E-state index contributed by atoms with van der Waals surface area (Å²) in [6.45, 7) is 0.633. The number of carbonyl (C=O) groups excluding carboxylic acids is 1. The molecule has 0 atom stereocenters. The van der Waals surface area contributed by atoms with E-state index in [4.69, 9.17) is 0 Å². The zero-order valence-electron chi connectivity index (χ0n) is 10.4. The van der Waals surface area contributed by atoms with Crippen LogP contribution in [0.25, 0.3) is 0 Å². The minimum atomic E-state index is -0.160. The number of carbonyl (C=O) groups is 1. The van der Waals surface area contributed by atoms with Gasteiger partial charge in [0.1, 0.15) is 12.7 Å². The molecule has 0 bridgehead atoms. The molecule has 1 aromatic carbocycles. The van der Waals surface area contributed by atoms with Crippen molar-refractivity contribution < 1.29 is 4.79 Å². The van der Waals surface area contributed by atoms with E-state index in [-0.39, 0.29) is 5.91 Å². The molecule has 1 N–H and O–H groups in total. The molecule has 0 aliphatic carbocycles. The van der Waals surface area contributed by atoms with Crippen LogP contribution in [0, 0.1) is 0 Å². The highest BCUT2D eigenvalue weighted by molar-refractivity contribution is 7.13. The van der Waals surface area contributed by atoms with E-state index in [9.17, 15) is 4.79 Å². The normalized spacial score (nSPS) is 10.4. The van der Waals surface area contributed by atoms with E-state index in [0.717, 1.165) is 5.56 Å². The van der Waals surface area contributed by atoms with Crippen molar-refractivity contribution >= 4 is 22.4 Å². The summed E-state index contributed by atoms with van der Waals surface area (Å²) in [5, 5.41) is 9.20. The van der Waals surface area contributed by atoms with Crippen molar-refractivity contribution in [1.82, 2.24) is 19.7 Å². The van der Waals surface area contributed by atoms with Crippen molar-refractivity contribution in [3.63, 3.8) is 0 Å². The van der Waals surface area contributed by atoms with Gasteiger partial charge in [0.25, 0.3) is 5.91 Å². The summed E-state index contributed by atoms with van der Waals surface area (Å²) in [5.74, 6) is -0.160. The predicted molar refractivity (Wildman–Crippen MR) is 75.6 cm³/mol. The zero-order valence-corrected chi connectivity index (χ0v) is 11.2. The van der Waals surface area contributed by atoms with E-state index in [0.29, 0.717) is 17.2 Å². The first-order chi connectivity index (χ1) is 9.81. The summed E-state index contributed by atoms with van der Waals surface area (Å²) < 4.78 is 1.73. The molecule has 3 aromatic rings. The van der Waals surface area contributed by atoms with Gasteiger partial charge in [0.2, 0.25) is 0 Å². The summed E-state index contributed by atoms with van der Waals surface area (Å²) in [4.78, 5) is 19.9. The fraction of sp³-hybridized carbons (Fsp3) is 0.0769. The topological polar surface area (TPSA) is 72.7 Å². The Morgan fingerprint density at radius 1 is 1.30 bits per heavy atom. The smallest absolute Gasteiger partial charge is 0.257 e. The molecule has 0 fully saturated rings. The van der Waals surface area contributed by atoms with E-state index in [1.807, 2.05) is 17.5 Å². The third-order valence-electron chi connectivity index (χ3n) is 2.68. The highest BCUT2D eigenvalue weighted by Gasteiger charge is 2.07. The molecule has 0 aliphatic heterocycles.